The fourth-order valence-corrected chi connectivity index (χ4v) is 1.49. The van der Waals surface area contributed by atoms with Crippen LogP contribution >= 0.6 is 11.6 Å². The number of aromatic nitrogens is 2. The van der Waals surface area contributed by atoms with Crippen LogP contribution in [0.5, 0.6) is 0 Å². The number of anilines is 1. The van der Waals surface area contributed by atoms with Crippen LogP contribution in [0.3, 0.4) is 0 Å². The summed E-state index contributed by atoms with van der Waals surface area (Å²) < 4.78 is 0. The minimum atomic E-state index is 0.553. The van der Waals surface area contributed by atoms with Gasteiger partial charge in [0.2, 0.25) is 0 Å². The van der Waals surface area contributed by atoms with Crippen LogP contribution in [0.4, 0.5) is 5.82 Å². The van der Waals surface area contributed by atoms with E-state index in [0.29, 0.717) is 11.1 Å². The monoisotopic (exact) mass is 211 g/mol. The van der Waals surface area contributed by atoms with E-state index in [1.807, 2.05) is 13.1 Å². The topological polar surface area (TPSA) is 29.0 Å². The third-order valence-corrected chi connectivity index (χ3v) is 2.70. The van der Waals surface area contributed by atoms with Crippen LogP contribution in [0, 0.1) is 0 Å². The van der Waals surface area contributed by atoms with Crippen LogP contribution in [-0.2, 0) is 0 Å². The molecule has 2 rings (SSSR count). The highest BCUT2D eigenvalue weighted by Crippen LogP contribution is 2.38. The minimum Gasteiger partial charge on any atom is -0.360 e. The Labute approximate surface area is 89.1 Å². The number of rotatable bonds is 3. The number of halogens is 1. The van der Waals surface area contributed by atoms with E-state index >= 15 is 0 Å². The van der Waals surface area contributed by atoms with Crippen molar-refractivity contribution < 1.29 is 0 Å². The zero-order valence-electron chi connectivity index (χ0n) is 8.50. The van der Waals surface area contributed by atoms with Crippen molar-refractivity contribution >= 4 is 17.4 Å². The summed E-state index contributed by atoms with van der Waals surface area (Å²) in [6.45, 7) is 3.02. The van der Waals surface area contributed by atoms with Crippen molar-refractivity contribution in [3.05, 3.63) is 17.0 Å². The maximum atomic E-state index is 5.95. The normalized spacial score (nSPS) is 15.6. The van der Waals surface area contributed by atoms with Crippen LogP contribution in [0.15, 0.2) is 6.07 Å². The molecule has 4 heteroatoms. The largest absolute Gasteiger partial charge is 0.360 e. The Balaban J connectivity index is 2.30. The van der Waals surface area contributed by atoms with Gasteiger partial charge in [-0.1, -0.05) is 11.6 Å². The molecule has 1 aromatic heterocycles. The summed E-state index contributed by atoms with van der Waals surface area (Å²) in [4.78, 5) is 10.8. The smallest absolute Gasteiger partial charge is 0.135 e. The van der Waals surface area contributed by atoms with Gasteiger partial charge in [-0.25, -0.2) is 9.97 Å². The molecule has 0 unspecified atom stereocenters. The van der Waals surface area contributed by atoms with E-state index < -0.39 is 0 Å². The maximum absolute atomic E-state index is 5.95. The van der Waals surface area contributed by atoms with E-state index in [1.165, 1.54) is 12.8 Å². The minimum absolute atomic E-state index is 0.553. The predicted octanol–water partition coefficient (Wildman–Crippen LogP) is 2.46. The molecule has 0 bridgehead atoms. The van der Waals surface area contributed by atoms with Gasteiger partial charge in [0.25, 0.3) is 0 Å². The van der Waals surface area contributed by atoms with E-state index in [1.54, 1.807) is 0 Å². The molecule has 0 atom stereocenters. The Hall–Kier alpha value is -0.830. The zero-order valence-corrected chi connectivity index (χ0v) is 9.25. The highest BCUT2D eigenvalue weighted by Gasteiger charge is 2.27. The molecule has 0 radical (unpaired) electrons. The van der Waals surface area contributed by atoms with Gasteiger partial charge in [0.15, 0.2) is 0 Å². The third kappa shape index (κ3) is 1.98. The van der Waals surface area contributed by atoms with Gasteiger partial charge in [-0.05, 0) is 19.8 Å². The fraction of sp³-hybridized carbons (Fsp3) is 0.600. The zero-order chi connectivity index (χ0) is 10.1. The first-order chi connectivity index (χ1) is 6.70. The first-order valence-electron chi connectivity index (χ1n) is 4.96. The Kier molecular flexibility index (Phi) is 2.59. The van der Waals surface area contributed by atoms with Crippen molar-refractivity contribution in [2.45, 2.75) is 25.7 Å². The van der Waals surface area contributed by atoms with Crippen LogP contribution in [-0.4, -0.2) is 23.6 Å². The van der Waals surface area contributed by atoms with E-state index in [4.69, 9.17) is 11.6 Å². The first-order valence-corrected chi connectivity index (χ1v) is 5.34. The molecule has 76 valence electrons. The molecule has 0 saturated heterocycles. The lowest BCUT2D eigenvalue weighted by Crippen LogP contribution is -2.18. The quantitative estimate of drug-likeness (QED) is 0.720. The molecule has 0 amide bonds. The fourth-order valence-electron chi connectivity index (χ4n) is 1.30. The molecule has 0 spiro atoms. The first kappa shape index (κ1) is 9.71. The Bertz CT molecular complexity index is 336. The Morgan fingerprint density at radius 3 is 2.79 bits per heavy atom. The lowest BCUT2D eigenvalue weighted by Gasteiger charge is -2.16. The summed E-state index contributed by atoms with van der Waals surface area (Å²) >= 11 is 5.95. The number of hydrogen-bond donors (Lipinski definition) is 0. The molecular weight excluding hydrogens is 198 g/mol. The maximum Gasteiger partial charge on any atom is 0.135 e. The summed E-state index contributed by atoms with van der Waals surface area (Å²) in [5.41, 5.74) is 0. The summed E-state index contributed by atoms with van der Waals surface area (Å²) in [5.74, 6) is 2.39. The van der Waals surface area contributed by atoms with Gasteiger partial charge in [-0.3, -0.25) is 0 Å². The molecular formula is C10H14ClN3. The van der Waals surface area contributed by atoms with Gasteiger partial charge < -0.3 is 4.90 Å². The molecule has 3 nitrogen and oxygen atoms in total. The molecule has 14 heavy (non-hydrogen) atoms. The lowest BCUT2D eigenvalue weighted by atomic mass is 10.4. The van der Waals surface area contributed by atoms with Crippen LogP contribution in [0.1, 0.15) is 31.5 Å². The number of nitrogens with zero attached hydrogens (tertiary/aromatic N) is 3. The predicted molar refractivity (Wildman–Crippen MR) is 58.0 cm³/mol. The van der Waals surface area contributed by atoms with Gasteiger partial charge in [0.05, 0.1) is 0 Å². The molecule has 1 aliphatic rings. The van der Waals surface area contributed by atoms with Crippen molar-refractivity contribution in [3.63, 3.8) is 0 Å². The summed E-state index contributed by atoms with van der Waals surface area (Å²) in [5, 5.41) is 0.553. The summed E-state index contributed by atoms with van der Waals surface area (Å²) in [7, 11) is 2.01. The van der Waals surface area contributed by atoms with E-state index in [9.17, 15) is 0 Å². The highest BCUT2D eigenvalue weighted by molar-refractivity contribution is 6.29. The van der Waals surface area contributed by atoms with E-state index in [2.05, 4.69) is 21.8 Å². The SMILES string of the molecule is CCN(C)c1cc(Cl)nc(C2CC2)n1. The van der Waals surface area contributed by atoms with Crippen molar-refractivity contribution in [2.75, 3.05) is 18.5 Å². The van der Waals surface area contributed by atoms with Gasteiger partial charge in [0, 0.05) is 25.6 Å². The van der Waals surface area contributed by atoms with E-state index in [0.717, 1.165) is 18.2 Å². The Morgan fingerprint density at radius 2 is 2.21 bits per heavy atom. The van der Waals surface area contributed by atoms with Crippen molar-refractivity contribution in [1.29, 1.82) is 0 Å². The summed E-state index contributed by atoms with van der Waals surface area (Å²) in [6, 6.07) is 1.82. The number of hydrogen-bond acceptors (Lipinski definition) is 3. The van der Waals surface area contributed by atoms with Gasteiger partial charge in [-0.2, -0.15) is 0 Å². The van der Waals surface area contributed by atoms with Crippen molar-refractivity contribution in [3.8, 4) is 0 Å². The Morgan fingerprint density at radius 1 is 1.50 bits per heavy atom. The van der Waals surface area contributed by atoms with Gasteiger partial charge in [-0.15, -0.1) is 0 Å². The average Bonchev–Trinajstić information content (AvgIpc) is 2.98. The molecule has 1 aliphatic carbocycles. The molecule has 1 saturated carbocycles. The second-order valence-electron chi connectivity index (χ2n) is 3.70. The molecule has 1 heterocycles. The van der Waals surface area contributed by atoms with Crippen molar-refractivity contribution in [2.24, 2.45) is 0 Å². The van der Waals surface area contributed by atoms with Crippen molar-refractivity contribution in [1.82, 2.24) is 9.97 Å². The van der Waals surface area contributed by atoms with Crippen LogP contribution < -0.4 is 4.90 Å². The van der Waals surface area contributed by atoms with E-state index in [-0.39, 0.29) is 0 Å². The molecule has 0 aromatic carbocycles. The standard InChI is InChI=1S/C10H14ClN3/c1-3-14(2)9-6-8(11)12-10(13-9)7-4-5-7/h6-7H,3-5H2,1-2H3. The average molecular weight is 212 g/mol. The molecule has 1 fully saturated rings. The molecule has 1 aromatic rings. The molecule has 0 aliphatic heterocycles. The third-order valence-electron chi connectivity index (χ3n) is 2.51. The van der Waals surface area contributed by atoms with Crippen LogP contribution in [0.2, 0.25) is 5.15 Å². The molecule has 0 N–H and O–H groups in total. The highest BCUT2D eigenvalue weighted by atomic mass is 35.5. The second-order valence-corrected chi connectivity index (χ2v) is 4.08. The van der Waals surface area contributed by atoms with Gasteiger partial charge >= 0.3 is 0 Å². The van der Waals surface area contributed by atoms with Gasteiger partial charge in [0.1, 0.15) is 16.8 Å². The second kappa shape index (κ2) is 3.73. The van der Waals surface area contributed by atoms with Crippen LogP contribution in [0.25, 0.3) is 0 Å². The lowest BCUT2D eigenvalue weighted by molar-refractivity contribution is 0.874. The summed E-state index contributed by atoms with van der Waals surface area (Å²) in [6.07, 6.45) is 2.41.